The molecule has 0 amide bonds. The Hall–Kier alpha value is -1.97. The van der Waals surface area contributed by atoms with Crippen molar-refractivity contribution in [2.75, 3.05) is 0 Å². The minimum Gasteiger partial charge on any atom is -0.437 e. The highest BCUT2D eigenvalue weighted by Gasteiger charge is 2.00. The first-order chi connectivity index (χ1) is 7.24. The van der Waals surface area contributed by atoms with Crippen LogP contribution in [0, 0.1) is 12.7 Å². The van der Waals surface area contributed by atoms with Crippen LogP contribution in [0.1, 0.15) is 5.69 Å². The molecular weight excluding hydrogens is 195 g/mol. The third kappa shape index (κ3) is 2.49. The highest BCUT2D eigenvalue weighted by Crippen LogP contribution is 2.19. The maximum atomic E-state index is 12.8. The minimum atomic E-state index is -0.340. The van der Waals surface area contributed by atoms with Crippen molar-refractivity contribution < 1.29 is 9.13 Å². The van der Waals surface area contributed by atoms with E-state index in [-0.39, 0.29) is 5.82 Å². The van der Waals surface area contributed by atoms with Gasteiger partial charge in [-0.05, 0) is 19.1 Å². The van der Waals surface area contributed by atoms with E-state index in [1.807, 2.05) is 6.92 Å². The molecule has 1 aromatic heterocycles. The van der Waals surface area contributed by atoms with Crippen molar-refractivity contribution >= 4 is 0 Å². The lowest BCUT2D eigenvalue weighted by molar-refractivity contribution is 0.454. The Balaban J connectivity index is 2.22. The van der Waals surface area contributed by atoms with Gasteiger partial charge < -0.3 is 4.74 Å². The van der Waals surface area contributed by atoms with Gasteiger partial charge in [0.1, 0.15) is 11.6 Å². The van der Waals surface area contributed by atoms with Gasteiger partial charge in [-0.3, -0.25) is 4.98 Å². The molecule has 15 heavy (non-hydrogen) atoms. The molecule has 0 N–H and O–H groups in total. The molecule has 0 aliphatic carbocycles. The van der Waals surface area contributed by atoms with Crippen molar-refractivity contribution in [3.8, 4) is 11.6 Å². The number of rotatable bonds is 2. The molecule has 76 valence electrons. The van der Waals surface area contributed by atoms with Gasteiger partial charge in [0.05, 0.1) is 11.9 Å². The van der Waals surface area contributed by atoms with E-state index < -0.39 is 0 Å². The number of aromatic nitrogens is 2. The van der Waals surface area contributed by atoms with Crippen LogP contribution in [0.15, 0.2) is 36.7 Å². The van der Waals surface area contributed by atoms with Gasteiger partial charge in [-0.1, -0.05) is 6.07 Å². The van der Waals surface area contributed by atoms with E-state index in [2.05, 4.69) is 9.97 Å². The van der Waals surface area contributed by atoms with E-state index in [1.165, 1.54) is 18.3 Å². The SMILES string of the molecule is Cc1cncc(Oc2cccc(F)c2)n1. The summed E-state index contributed by atoms with van der Waals surface area (Å²) in [6.07, 6.45) is 3.11. The zero-order chi connectivity index (χ0) is 10.7. The van der Waals surface area contributed by atoms with Crippen molar-refractivity contribution in [1.82, 2.24) is 9.97 Å². The summed E-state index contributed by atoms with van der Waals surface area (Å²) in [7, 11) is 0. The predicted octanol–water partition coefficient (Wildman–Crippen LogP) is 2.72. The molecule has 3 nitrogen and oxygen atoms in total. The standard InChI is InChI=1S/C11H9FN2O/c1-8-6-13-7-11(14-8)15-10-4-2-3-9(12)5-10/h2-7H,1H3. The Morgan fingerprint density at radius 2 is 2.13 bits per heavy atom. The highest BCUT2D eigenvalue weighted by atomic mass is 19.1. The third-order valence-electron chi connectivity index (χ3n) is 1.75. The average molecular weight is 204 g/mol. The first-order valence-corrected chi connectivity index (χ1v) is 4.46. The number of hydrogen-bond donors (Lipinski definition) is 0. The first kappa shape index (κ1) is 9.58. The van der Waals surface area contributed by atoms with Crippen molar-refractivity contribution in [2.24, 2.45) is 0 Å². The monoisotopic (exact) mass is 204 g/mol. The van der Waals surface area contributed by atoms with Gasteiger partial charge in [0.15, 0.2) is 0 Å². The predicted molar refractivity (Wildman–Crippen MR) is 53.2 cm³/mol. The van der Waals surface area contributed by atoms with Crippen LogP contribution in [0.25, 0.3) is 0 Å². The van der Waals surface area contributed by atoms with Crippen LogP contribution in [0.5, 0.6) is 11.6 Å². The fourth-order valence-corrected chi connectivity index (χ4v) is 1.14. The van der Waals surface area contributed by atoms with Crippen molar-refractivity contribution in [1.29, 1.82) is 0 Å². The minimum absolute atomic E-state index is 0.340. The molecule has 0 bridgehead atoms. The maximum absolute atomic E-state index is 12.8. The summed E-state index contributed by atoms with van der Waals surface area (Å²) in [6.45, 7) is 1.81. The molecule has 0 radical (unpaired) electrons. The Morgan fingerprint density at radius 1 is 1.27 bits per heavy atom. The second-order valence-corrected chi connectivity index (χ2v) is 3.06. The van der Waals surface area contributed by atoms with Crippen molar-refractivity contribution in [3.63, 3.8) is 0 Å². The molecule has 2 rings (SSSR count). The van der Waals surface area contributed by atoms with E-state index in [0.29, 0.717) is 11.6 Å². The number of benzene rings is 1. The van der Waals surface area contributed by atoms with E-state index >= 15 is 0 Å². The molecule has 0 aliphatic heterocycles. The quantitative estimate of drug-likeness (QED) is 0.754. The Kier molecular flexibility index (Phi) is 2.58. The molecule has 0 spiro atoms. The number of ether oxygens (including phenoxy) is 1. The van der Waals surface area contributed by atoms with Gasteiger partial charge in [0, 0.05) is 12.3 Å². The van der Waals surface area contributed by atoms with Crippen LogP contribution < -0.4 is 4.74 Å². The Morgan fingerprint density at radius 3 is 2.87 bits per heavy atom. The zero-order valence-corrected chi connectivity index (χ0v) is 8.14. The fourth-order valence-electron chi connectivity index (χ4n) is 1.14. The normalized spacial score (nSPS) is 10.0. The van der Waals surface area contributed by atoms with Crippen molar-refractivity contribution in [3.05, 3.63) is 48.2 Å². The Labute approximate surface area is 86.6 Å². The summed E-state index contributed by atoms with van der Waals surface area (Å²) in [4.78, 5) is 8.01. The van der Waals surface area contributed by atoms with Gasteiger partial charge in [-0.15, -0.1) is 0 Å². The molecule has 0 unspecified atom stereocenters. The maximum Gasteiger partial charge on any atom is 0.238 e. The lowest BCUT2D eigenvalue weighted by Crippen LogP contribution is -1.91. The van der Waals surface area contributed by atoms with Gasteiger partial charge >= 0.3 is 0 Å². The smallest absolute Gasteiger partial charge is 0.238 e. The largest absolute Gasteiger partial charge is 0.437 e. The molecular formula is C11H9FN2O. The van der Waals surface area contributed by atoms with E-state index in [9.17, 15) is 4.39 Å². The Bertz CT molecular complexity index is 430. The summed E-state index contributed by atoms with van der Waals surface area (Å²) in [6, 6.07) is 5.89. The van der Waals surface area contributed by atoms with Crippen molar-refractivity contribution in [2.45, 2.75) is 6.92 Å². The van der Waals surface area contributed by atoms with Crippen LogP contribution in [0.4, 0.5) is 4.39 Å². The number of halogens is 1. The first-order valence-electron chi connectivity index (χ1n) is 4.46. The van der Waals surface area contributed by atoms with Crippen LogP contribution in [-0.4, -0.2) is 9.97 Å². The summed E-state index contributed by atoms with van der Waals surface area (Å²) >= 11 is 0. The van der Waals surface area contributed by atoms with E-state index in [1.54, 1.807) is 18.3 Å². The lowest BCUT2D eigenvalue weighted by Gasteiger charge is -2.04. The summed E-state index contributed by atoms with van der Waals surface area (Å²) in [5, 5.41) is 0. The molecule has 0 atom stereocenters. The van der Waals surface area contributed by atoms with Gasteiger partial charge in [0.2, 0.25) is 5.88 Å². The van der Waals surface area contributed by atoms with Crippen LogP contribution in [0.2, 0.25) is 0 Å². The molecule has 0 aliphatic rings. The summed E-state index contributed by atoms with van der Waals surface area (Å²) < 4.78 is 18.2. The second-order valence-electron chi connectivity index (χ2n) is 3.06. The lowest BCUT2D eigenvalue weighted by atomic mass is 10.3. The molecule has 0 saturated carbocycles. The molecule has 2 aromatic rings. The van der Waals surface area contributed by atoms with Gasteiger partial charge in [0.25, 0.3) is 0 Å². The average Bonchev–Trinajstić information content (AvgIpc) is 2.17. The molecule has 4 heteroatoms. The molecule has 1 aromatic carbocycles. The van der Waals surface area contributed by atoms with Crippen LogP contribution >= 0.6 is 0 Å². The topological polar surface area (TPSA) is 35.0 Å². The number of aryl methyl sites for hydroxylation is 1. The van der Waals surface area contributed by atoms with E-state index in [0.717, 1.165) is 5.69 Å². The fraction of sp³-hybridized carbons (Fsp3) is 0.0909. The molecule has 0 fully saturated rings. The second kappa shape index (κ2) is 4.04. The van der Waals surface area contributed by atoms with Gasteiger partial charge in [-0.25, -0.2) is 9.37 Å². The highest BCUT2D eigenvalue weighted by molar-refractivity contribution is 5.26. The number of hydrogen-bond acceptors (Lipinski definition) is 3. The zero-order valence-electron chi connectivity index (χ0n) is 8.14. The van der Waals surface area contributed by atoms with E-state index in [4.69, 9.17) is 4.74 Å². The molecule has 0 saturated heterocycles. The summed E-state index contributed by atoms with van der Waals surface area (Å²) in [5.74, 6) is 0.434. The number of nitrogens with zero attached hydrogens (tertiary/aromatic N) is 2. The van der Waals surface area contributed by atoms with Gasteiger partial charge in [-0.2, -0.15) is 0 Å². The summed E-state index contributed by atoms with van der Waals surface area (Å²) in [5.41, 5.74) is 0.754. The van der Waals surface area contributed by atoms with Crippen LogP contribution in [0.3, 0.4) is 0 Å². The molecule has 1 heterocycles. The third-order valence-corrected chi connectivity index (χ3v) is 1.75. The van der Waals surface area contributed by atoms with Crippen LogP contribution in [-0.2, 0) is 0 Å².